The molecule has 1 aliphatic carbocycles. The molecule has 1 atom stereocenters. The van der Waals surface area contributed by atoms with E-state index < -0.39 is 11.6 Å². The first-order valence-electron chi connectivity index (χ1n) is 14.2. The number of allylic oxidation sites excluding steroid dienone is 2. The van der Waals surface area contributed by atoms with E-state index in [0.29, 0.717) is 0 Å². The van der Waals surface area contributed by atoms with E-state index in [4.69, 9.17) is 5.11 Å². The topological polar surface area (TPSA) is 73.7 Å². The summed E-state index contributed by atoms with van der Waals surface area (Å²) in [6.07, 6.45) is 18.4. The fourth-order valence-electron chi connectivity index (χ4n) is 5.69. The van der Waals surface area contributed by atoms with Crippen LogP contribution in [-0.2, 0) is 11.2 Å². The molecule has 2 heterocycles. The van der Waals surface area contributed by atoms with E-state index in [1.54, 1.807) is 38.8 Å². The van der Waals surface area contributed by atoms with E-state index in [9.17, 15) is 14.3 Å². The second-order valence-corrected chi connectivity index (χ2v) is 13.3. The zero-order valence-electron chi connectivity index (χ0n) is 26.2. The largest absolute Gasteiger partial charge is 0.481 e. The van der Waals surface area contributed by atoms with Gasteiger partial charge in [0.1, 0.15) is 5.82 Å². The third-order valence-corrected chi connectivity index (χ3v) is 8.29. The Kier molecular flexibility index (Phi) is 11.7. The van der Waals surface area contributed by atoms with Crippen molar-refractivity contribution in [1.82, 2.24) is 4.98 Å². The Morgan fingerprint density at radius 1 is 1.22 bits per heavy atom. The van der Waals surface area contributed by atoms with Crippen molar-refractivity contribution >= 4 is 29.2 Å². The molecule has 4 rings (SSSR count). The molecule has 1 aromatic carbocycles. The van der Waals surface area contributed by atoms with Gasteiger partial charge in [-0.15, -0.1) is 12.8 Å². The molecule has 7 heteroatoms. The van der Waals surface area contributed by atoms with E-state index in [2.05, 4.69) is 55.9 Å². The van der Waals surface area contributed by atoms with Gasteiger partial charge in [-0.25, -0.2) is 4.39 Å². The molecule has 2 N–H and O–H groups in total. The van der Waals surface area contributed by atoms with Crippen molar-refractivity contribution in [1.29, 1.82) is 0 Å². The minimum atomic E-state index is -0.822. The highest BCUT2D eigenvalue weighted by atomic mass is 32.2. The fraction of sp³-hybridized carbons (Fsp3) is 0.529. The molecule has 41 heavy (non-hydrogen) atoms. The number of terminal acetylenes is 1. The Labute approximate surface area is 250 Å². The molecule has 1 aromatic heterocycles. The van der Waals surface area contributed by atoms with Crippen LogP contribution in [0.25, 0.3) is 16.8 Å². The van der Waals surface area contributed by atoms with Gasteiger partial charge in [-0.05, 0) is 99.6 Å². The fourth-order valence-corrected chi connectivity index (χ4v) is 6.57. The van der Waals surface area contributed by atoms with Crippen LogP contribution in [-0.4, -0.2) is 33.0 Å². The van der Waals surface area contributed by atoms with Crippen LogP contribution in [0.1, 0.15) is 108 Å². The Balaban J connectivity index is 0.000000759. The minimum Gasteiger partial charge on any atom is -0.481 e. The summed E-state index contributed by atoms with van der Waals surface area (Å²) < 4.78 is 16.6. The van der Waals surface area contributed by atoms with Crippen molar-refractivity contribution in [3.63, 3.8) is 0 Å². The average molecular weight is 583 g/mol. The van der Waals surface area contributed by atoms with E-state index in [1.807, 2.05) is 13.2 Å². The molecule has 0 bridgehead atoms. The van der Waals surface area contributed by atoms with E-state index in [-0.39, 0.29) is 23.7 Å². The van der Waals surface area contributed by atoms with Gasteiger partial charge in [0.15, 0.2) is 0 Å². The first kappa shape index (κ1) is 34.4. The Bertz CT molecular complexity index is 1300. The summed E-state index contributed by atoms with van der Waals surface area (Å²) in [7, 11) is 0. The number of pyridine rings is 1. The highest BCUT2D eigenvalue weighted by molar-refractivity contribution is 8.00. The van der Waals surface area contributed by atoms with Crippen LogP contribution in [0, 0.1) is 37.9 Å². The molecule has 1 aliphatic heterocycles. The van der Waals surface area contributed by atoms with E-state index in [1.165, 1.54) is 11.8 Å². The van der Waals surface area contributed by atoms with Gasteiger partial charge in [0.05, 0.1) is 35.6 Å². The molecule has 0 fully saturated rings. The molecule has 5 nitrogen and oxygen atoms in total. The Morgan fingerprint density at radius 3 is 2.32 bits per heavy atom. The maximum atomic E-state index is 14.4. The second-order valence-electron chi connectivity index (χ2n) is 12.6. The number of aliphatic hydroxyl groups is 1. The molecule has 2 aromatic rings. The quantitative estimate of drug-likeness (QED) is 0.262. The SMILES string of the molecule is C#C.CC(C)(C)O.CCC[C@H]1c2cc(F)cnc2-c2c(C)c(C3=CCC(C)(C)CC3)c(CC(=O)O)c(C)c2N1SC. The predicted octanol–water partition coefficient (Wildman–Crippen LogP) is 8.69. The van der Waals surface area contributed by atoms with Crippen LogP contribution in [0.3, 0.4) is 0 Å². The van der Waals surface area contributed by atoms with Crippen molar-refractivity contribution in [2.75, 3.05) is 10.6 Å². The predicted molar refractivity (Wildman–Crippen MR) is 172 cm³/mol. The zero-order valence-corrected chi connectivity index (χ0v) is 27.0. The normalized spacial score (nSPS) is 17.1. The lowest BCUT2D eigenvalue weighted by atomic mass is 9.73. The number of carbonyl (C=O) groups is 1. The summed E-state index contributed by atoms with van der Waals surface area (Å²) in [6.45, 7) is 16.1. The summed E-state index contributed by atoms with van der Waals surface area (Å²) in [5.41, 5.74) is 8.79. The van der Waals surface area contributed by atoms with Gasteiger partial charge in [-0.3, -0.25) is 9.78 Å². The molecular formula is C34H47FN2O3S. The van der Waals surface area contributed by atoms with Gasteiger partial charge in [-0.1, -0.05) is 45.2 Å². The van der Waals surface area contributed by atoms with Crippen LogP contribution in [0.2, 0.25) is 0 Å². The molecule has 0 spiro atoms. The number of nitrogens with zero attached hydrogens (tertiary/aromatic N) is 2. The molecular weight excluding hydrogens is 535 g/mol. The van der Waals surface area contributed by atoms with Crippen LogP contribution in [0.15, 0.2) is 18.3 Å². The third-order valence-electron chi connectivity index (χ3n) is 7.46. The van der Waals surface area contributed by atoms with Crippen molar-refractivity contribution in [2.24, 2.45) is 5.41 Å². The number of carboxylic acid groups (broad SMARTS) is 1. The average Bonchev–Trinajstić information content (AvgIpc) is 2.87. The van der Waals surface area contributed by atoms with Crippen molar-refractivity contribution in [3.8, 4) is 24.1 Å². The summed E-state index contributed by atoms with van der Waals surface area (Å²) in [4.78, 5) is 16.6. The number of anilines is 1. The highest BCUT2D eigenvalue weighted by Crippen LogP contribution is 2.54. The third kappa shape index (κ3) is 8.14. The Hall–Kier alpha value is -2.82. The number of hydrogen-bond donors (Lipinski definition) is 2. The van der Waals surface area contributed by atoms with Gasteiger partial charge >= 0.3 is 5.97 Å². The zero-order chi connectivity index (χ0) is 31.3. The van der Waals surface area contributed by atoms with E-state index in [0.717, 1.165) is 76.9 Å². The molecule has 2 aliphatic rings. The van der Waals surface area contributed by atoms with Gasteiger partial charge in [0, 0.05) is 17.4 Å². The van der Waals surface area contributed by atoms with Crippen LogP contribution in [0.5, 0.6) is 0 Å². The molecule has 0 saturated heterocycles. The van der Waals surface area contributed by atoms with Crippen molar-refractivity contribution < 1.29 is 19.4 Å². The first-order chi connectivity index (χ1) is 19.1. The van der Waals surface area contributed by atoms with E-state index >= 15 is 0 Å². The standard InChI is InChI=1S/C28H35FN2O2S.C4H10O.C2H2/c1-7-8-22-21-13-19(29)15-30-26(21)25-17(3)24(18-9-11-28(4,5)12-10-18)20(14-23(32)33)16(2)27(25)31(22)34-6;1-4(2,3)5;1-2/h9,13,15,22H,7-8,10-12,14H2,1-6H3,(H,32,33);5H,1-3H3;1-2H/t22-;;/m0../s1. The molecule has 0 unspecified atom stereocenters. The molecule has 0 saturated carbocycles. The van der Waals surface area contributed by atoms with Gasteiger partial charge in [-0.2, -0.15) is 0 Å². The maximum Gasteiger partial charge on any atom is 0.307 e. The van der Waals surface area contributed by atoms with Crippen LogP contribution < -0.4 is 4.31 Å². The Morgan fingerprint density at radius 2 is 1.83 bits per heavy atom. The number of halogens is 1. The summed E-state index contributed by atoms with van der Waals surface area (Å²) >= 11 is 1.62. The number of carboxylic acids is 1. The molecule has 0 amide bonds. The summed E-state index contributed by atoms with van der Waals surface area (Å²) in [5, 5.41) is 18.4. The molecule has 224 valence electrons. The number of fused-ring (bicyclic) bond motifs is 3. The lowest BCUT2D eigenvalue weighted by molar-refractivity contribution is -0.136. The van der Waals surface area contributed by atoms with Crippen LogP contribution in [0.4, 0.5) is 10.1 Å². The lowest BCUT2D eigenvalue weighted by Gasteiger charge is -2.41. The number of hydrogen-bond acceptors (Lipinski definition) is 5. The number of aromatic nitrogens is 1. The smallest absolute Gasteiger partial charge is 0.307 e. The van der Waals surface area contributed by atoms with Crippen LogP contribution >= 0.6 is 11.9 Å². The number of rotatable bonds is 6. The first-order valence-corrected chi connectivity index (χ1v) is 15.4. The number of aliphatic carboxylic acids is 1. The lowest BCUT2D eigenvalue weighted by Crippen LogP contribution is -2.29. The van der Waals surface area contributed by atoms with Crippen molar-refractivity contribution in [3.05, 3.63) is 52.0 Å². The summed E-state index contributed by atoms with van der Waals surface area (Å²) in [5.74, 6) is -1.14. The monoisotopic (exact) mass is 582 g/mol. The number of benzene rings is 1. The minimum absolute atomic E-state index is 0.0120. The van der Waals surface area contributed by atoms with Crippen molar-refractivity contribution in [2.45, 2.75) is 106 Å². The van der Waals surface area contributed by atoms with Gasteiger partial charge < -0.3 is 14.5 Å². The summed E-state index contributed by atoms with van der Waals surface area (Å²) in [6, 6.07) is 1.62. The second kappa shape index (κ2) is 13.9. The highest BCUT2D eigenvalue weighted by Gasteiger charge is 2.37. The maximum absolute atomic E-state index is 14.4. The van der Waals surface area contributed by atoms with Gasteiger partial charge in [0.2, 0.25) is 0 Å². The molecule has 0 radical (unpaired) electrons. The van der Waals surface area contributed by atoms with Gasteiger partial charge in [0.25, 0.3) is 0 Å².